The topological polar surface area (TPSA) is 43.7 Å². The lowest BCUT2D eigenvalue weighted by Gasteiger charge is -2.42. The van der Waals surface area contributed by atoms with E-state index in [9.17, 15) is 10.2 Å². The monoisotopic (exact) mass is 379 g/mol. The zero-order valence-electron chi connectivity index (χ0n) is 14.1. The van der Waals surface area contributed by atoms with Gasteiger partial charge >= 0.3 is 0 Å². The van der Waals surface area contributed by atoms with Crippen LogP contribution in [0.15, 0.2) is 42.5 Å². The molecule has 0 spiro atoms. The molecule has 3 nitrogen and oxygen atoms in total. The van der Waals surface area contributed by atoms with Crippen molar-refractivity contribution < 1.29 is 10.2 Å². The Hall–Kier alpha value is -1.26. The van der Waals surface area contributed by atoms with E-state index in [0.717, 1.165) is 55.0 Å². The fourth-order valence-corrected chi connectivity index (χ4v) is 4.18. The second-order valence-corrected chi connectivity index (χ2v) is 7.91. The van der Waals surface area contributed by atoms with E-state index in [-0.39, 0.29) is 17.8 Å². The van der Waals surface area contributed by atoms with Gasteiger partial charge in [-0.3, -0.25) is 4.90 Å². The second-order valence-electron chi connectivity index (χ2n) is 7.06. The van der Waals surface area contributed by atoms with E-state index in [1.807, 2.05) is 30.3 Å². The van der Waals surface area contributed by atoms with Gasteiger partial charge in [0.2, 0.25) is 0 Å². The predicted molar refractivity (Wildman–Crippen MR) is 102 cm³/mol. The Morgan fingerprint density at radius 3 is 2.64 bits per heavy atom. The molecule has 25 heavy (non-hydrogen) atoms. The Morgan fingerprint density at radius 2 is 1.92 bits per heavy atom. The van der Waals surface area contributed by atoms with Crippen LogP contribution < -0.4 is 0 Å². The molecule has 0 amide bonds. The molecule has 2 N–H and O–H groups in total. The highest BCUT2D eigenvalue weighted by atomic mass is 35.5. The number of aliphatic hydroxyl groups excluding tert-OH is 1. The number of likely N-dealkylation sites (tertiary alicyclic amines) is 1. The zero-order chi connectivity index (χ0) is 17.9. The van der Waals surface area contributed by atoms with Crippen LogP contribution >= 0.6 is 23.2 Å². The van der Waals surface area contributed by atoms with Gasteiger partial charge in [0.1, 0.15) is 5.75 Å². The number of piperidine rings is 1. The predicted octanol–water partition coefficient (Wildman–Crippen LogP) is 4.52. The quantitative estimate of drug-likeness (QED) is 0.802. The number of rotatable bonds is 5. The van der Waals surface area contributed by atoms with Crippen LogP contribution in [-0.4, -0.2) is 34.8 Å². The van der Waals surface area contributed by atoms with Crippen molar-refractivity contribution in [3.05, 3.63) is 63.6 Å². The van der Waals surface area contributed by atoms with E-state index in [1.165, 1.54) is 0 Å². The third kappa shape index (κ3) is 4.68. The maximum Gasteiger partial charge on any atom is 0.134 e. The number of halogens is 2. The number of aliphatic hydroxyl groups is 1. The van der Waals surface area contributed by atoms with Crippen LogP contribution in [0.2, 0.25) is 10.0 Å². The molecular weight excluding hydrogens is 357 g/mol. The molecule has 1 fully saturated rings. The summed E-state index contributed by atoms with van der Waals surface area (Å²) in [5, 5.41) is 20.8. The van der Waals surface area contributed by atoms with E-state index in [1.54, 1.807) is 6.07 Å². The highest BCUT2D eigenvalue weighted by Crippen LogP contribution is 2.35. The molecule has 0 radical (unpaired) electrons. The van der Waals surface area contributed by atoms with Gasteiger partial charge in [-0.05, 0) is 61.2 Å². The van der Waals surface area contributed by atoms with Crippen molar-refractivity contribution in [2.45, 2.75) is 25.8 Å². The number of hydrogen-bond donors (Lipinski definition) is 2. The van der Waals surface area contributed by atoms with Crippen LogP contribution in [0.1, 0.15) is 24.0 Å². The molecule has 1 aliphatic rings. The van der Waals surface area contributed by atoms with E-state index < -0.39 is 0 Å². The molecule has 2 aromatic carbocycles. The van der Waals surface area contributed by atoms with Crippen molar-refractivity contribution in [2.24, 2.45) is 5.41 Å². The maximum absolute atomic E-state index is 10.1. The first-order chi connectivity index (χ1) is 12.0. The molecule has 1 aliphatic heterocycles. The molecule has 0 aliphatic carbocycles. The number of aromatic hydroxyl groups is 1. The third-order valence-corrected chi connectivity index (χ3v) is 5.50. The molecule has 0 saturated carbocycles. The molecule has 0 aromatic heterocycles. The fourth-order valence-electron chi connectivity index (χ4n) is 3.76. The number of hydrogen-bond acceptors (Lipinski definition) is 3. The smallest absolute Gasteiger partial charge is 0.134 e. The van der Waals surface area contributed by atoms with Crippen molar-refractivity contribution in [3.63, 3.8) is 0 Å². The van der Waals surface area contributed by atoms with Gasteiger partial charge in [-0.2, -0.15) is 0 Å². The van der Waals surface area contributed by atoms with Gasteiger partial charge in [0.05, 0.1) is 11.6 Å². The molecule has 0 bridgehead atoms. The SMILES string of the molecule is OCC1(Cc2cccc(Cl)c2)CCCN(Cc2ccc(O)c(Cl)c2)C1. The fraction of sp³-hybridized carbons (Fsp3) is 0.400. The second kappa shape index (κ2) is 7.96. The van der Waals surface area contributed by atoms with Crippen molar-refractivity contribution >= 4 is 23.2 Å². The van der Waals surface area contributed by atoms with E-state index in [0.29, 0.717) is 5.02 Å². The molecule has 134 valence electrons. The number of benzene rings is 2. The standard InChI is InChI=1S/C20H23Cl2NO2/c21-17-4-1-3-15(9-17)11-20(14-24)7-2-8-23(13-20)12-16-5-6-19(25)18(22)10-16/h1,3-6,9-10,24-25H,2,7-8,11-14H2. The minimum absolute atomic E-state index is 0.106. The van der Waals surface area contributed by atoms with E-state index in [2.05, 4.69) is 11.0 Å². The first-order valence-electron chi connectivity index (χ1n) is 8.55. The molecule has 5 heteroatoms. The summed E-state index contributed by atoms with van der Waals surface area (Å²) in [5.74, 6) is 0.106. The van der Waals surface area contributed by atoms with E-state index in [4.69, 9.17) is 23.2 Å². The number of phenolic OH excluding ortho intramolecular Hbond substituents is 1. The summed E-state index contributed by atoms with van der Waals surface area (Å²) < 4.78 is 0. The minimum Gasteiger partial charge on any atom is -0.506 e. The van der Waals surface area contributed by atoms with Crippen LogP contribution in [-0.2, 0) is 13.0 Å². The first-order valence-corrected chi connectivity index (χ1v) is 9.30. The van der Waals surface area contributed by atoms with Gasteiger partial charge < -0.3 is 10.2 Å². The lowest BCUT2D eigenvalue weighted by atomic mass is 9.75. The van der Waals surface area contributed by atoms with Gasteiger partial charge in [-0.1, -0.05) is 41.4 Å². The molecular formula is C20H23Cl2NO2. The van der Waals surface area contributed by atoms with Gasteiger partial charge in [0.25, 0.3) is 0 Å². The minimum atomic E-state index is -0.149. The lowest BCUT2D eigenvalue weighted by Crippen LogP contribution is -2.46. The third-order valence-electron chi connectivity index (χ3n) is 4.96. The Kier molecular flexibility index (Phi) is 5.90. The van der Waals surface area contributed by atoms with E-state index >= 15 is 0 Å². The van der Waals surface area contributed by atoms with Gasteiger partial charge in [0.15, 0.2) is 0 Å². The van der Waals surface area contributed by atoms with Crippen LogP contribution in [0.4, 0.5) is 0 Å². The maximum atomic E-state index is 10.1. The summed E-state index contributed by atoms with van der Waals surface area (Å²) in [6.45, 7) is 2.74. The Labute approximate surface area is 158 Å². The van der Waals surface area contributed by atoms with Gasteiger partial charge in [-0.25, -0.2) is 0 Å². The molecule has 1 heterocycles. The number of phenols is 1. The average molecular weight is 380 g/mol. The van der Waals surface area contributed by atoms with Crippen LogP contribution in [0.25, 0.3) is 0 Å². The Balaban J connectivity index is 1.72. The Bertz CT molecular complexity index is 737. The van der Waals surface area contributed by atoms with Crippen LogP contribution in [0.5, 0.6) is 5.75 Å². The summed E-state index contributed by atoms with van der Waals surface area (Å²) in [5.41, 5.74) is 2.08. The zero-order valence-corrected chi connectivity index (χ0v) is 15.6. The summed E-state index contributed by atoms with van der Waals surface area (Å²) in [4.78, 5) is 2.35. The van der Waals surface area contributed by atoms with Crippen molar-refractivity contribution in [1.29, 1.82) is 0 Å². The summed E-state index contributed by atoms with van der Waals surface area (Å²) in [6.07, 6.45) is 2.87. The van der Waals surface area contributed by atoms with Gasteiger partial charge in [-0.15, -0.1) is 0 Å². The van der Waals surface area contributed by atoms with Crippen molar-refractivity contribution in [2.75, 3.05) is 19.7 Å². The normalized spacial score (nSPS) is 21.4. The highest BCUT2D eigenvalue weighted by molar-refractivity contribution is 6.32. The average Bonchev–Trinajstić information content (AvgIpc) is 2.58. The molecule has 1 saturated heterocycles. The van der Waals surface area contributed by atoms with Gasteiger partial charge in [0, 0.05) is 23.5 Å². The molecule has 1 unspecified atom stereocenters. The highest BCUT2D eigenvalue weighted by Gasteiger charge is 2.35. The molecule has 2 aromatic rings. The largest absolute Gasteiger partial charge is 0.506 e. The summed E-state index contributed by atoms with van der Waals surface area (Å²) in [7, 11) is 0. The van der Waals surface area contributed by atoms with Crippen molar-refractivity contribution in [3.8, 4) is 5.75 Å². The number of nitrogens with zero attached hydrogens (tertiary/aromatic N) is 1. The molecule has 1 atom stereocenters. The Morgan fingerprint density at radius 1 is 1.08 bits per heavy atom. The first kappa shape index (κ1) is 18.5. The van der Waals surface area contributed by atoms with Crippen LogP contribution in [0, 0.1) is 5.41 Å². The van der Waals surface area contributed by atoms with Crippen LogP contribution in [0.3, 0.4) is 0 Å². The lowest BCUT2D eigenvalue weighted by molar-refractivity contribution is 0.0288. The summed E-state index contributed by atoms with van der Waals surface area (Å²) in [6, 6.07) is 13.2. The van der Waals surface area contributed by atoms with Crippen molar-refractivity contribution in [1.82, 2.24) is 4.90 Å². The molecule has 3 rings (SSSR count). The summed E-state index contributed by atoms with van der Waals surface area (Å²) >= 11 is 12.1.